The van der Waals surface area contributed by atoms with Gasteiger partial charge in [0.05, 0.1) is 24.8 Å². The largest absolute Gasteiger partial charge is 2.00 e. The van der Waals surface area contributed by atoms with E-state index in [1.807, 2.05) is 6.92 Å². The number of aromatic hydroxyl groups is 2. The molecule has 0 aliphatic carbocycles. The predicted molar refractivity (Wildman–Crippen MR) is 88.8 cm³/mol. The number of benzene rings is 2. The molecule has 0 bridgehead atoms. The average molecular weight is 404 g/mol. The third kappa shape index (κ3) is 9.08. The first kappa shape index (κ1) is 25.7. The van der Waals surface area contributed by atoms with Crippen LogP contribution in [0.2, 0.25) is 0 Å². The Kier molecular flexibility index (Phi) is 13.6. The summed E-state index contributed by atoms with van der Waals surface area (Å²) in [6.45, 7) is 2.36. The molecular formula is C18H20FeO7. The molecule has 0 fully saturated rings. The van der Waals surface area contributed by atoms with Crippen molar-refractivity contribution >= 4 is 11.9 Å². The molecule has 7 nitrogen and oxygen atoms in total. The van der Waals surface area contributed by atoms with Crippen molar-refractivity contribution in [1.29, 1.82) is 0 Å². The zero-order chi connectivity index (χ0) is 17.9. The molecule has 0 radical (unpaired) electrons. The van der Waals surface area contributed by atoms with Crippen LogP contribution in [-0.2, 0) is 32.0 Å². The van der Waals surface area contributed by atoms with E-state index in [0.29, 0.717) is 17.7 Å². The zero-order valence-electron chi connectivity index (χ0n) is 14.3. The molecule has 0 saturated carbocycles. The SMILES string of the molecule is CCCOC(=O)c1ccc(O)cc1.COC(=O)c1ccc(O)cc1.[Fe+2].[O-2]. The first-order chi connectivity index (χ1) is 11.5. The molecule has 0 saturated heterocycles. The molecule has 0 heterocycles. The van der Waals surface area contributed by atoms with E-state index < -0.39 is 5.97 Å². The number of ether oxygens (including phenoxy) is 2. The minimum absolute atomic E-state index is 0. The summed E-state index contributed by atoms with van der Waals surface area (Å²) < 4.78 is 9.35. The number of carbonyl (C=O) groups is 2. The van der Waals surface area contributed by atoms with Crippen LogP contribution in [0.4, 0.5) is 0 Å². The van der Waals surface area contributed by atoms with Gasteiger partial charge in [0.1, 0.15) is 11.5 Å². The molecule has 8 heteroatoms. The first-order valence-corrected chi connectivity index (χ1v) is 7.31. The Balaban J connectivity index is 0. The van der Waals surface area contributed by atoms with Gasteiger partial charge < -0.3 is 25.2 Å². The van der Waals surface area contributed by atoms with Crippen LogP contribution in [0, 0.1) is 0 Å². The first-order valence-electron chi connectivity index (χ1n) is 7.31. The monoisotopic (exact) mass is 404 g/mol. The van der Waals surface area contributed by atoms with Gasteiger partial charge in [0, 0.05) is 0 Å². The molecule has 2 N–H and O–H groups in total. The Hall–Kier alpha value is -2.54. The third-order valence-electron chi connectivity index (χ3n) is 2.83. The topological polar surface area (TPSA) is 122 Å². The summed E-state index contributed by atoms with van der Waals surface area (Å²) in [5.74, 6) is -0.462. The molecule has 2 rings (SSSR count). The van der Waals surface area contributed by atoms with Gasteiger partial charge in [0.15, 0.2) is 0 Å². The molecule has 0 amide bonds. The Labute approximate surface area is 162 Å². The van der Waals surface area contributed by atoms with Gasteiger partial charge in [-0.15, -0.1) is 0 Å². The van der Waals surface area contributed by atoms with E-state index in [1.165, 1.54) is 55.6 Å². The summed E-state index contributed by atoms with van der Waals surface area (Å²) in [7, 11) is 1.31. The molecule has 0 aromatic heterocycles. The summed E-state index contributed by atoms with van der Waals surface area (Å²) in [6, 6.07) is 11.9. The van der Waals surface area contributed by atoms with Crippen LogP contribution in [0.1, 0.15) is 34.1 Å². The fourth-order valence-electron chi connectivity index (χ4n) is 1.59. The summed E-state index contributed by atoms with van der Waals surface area (Å²) in [4.78, 5) is 22.0. The van der Waals surface area contributed by atoms with Gasteiger partial charge in [-0.1, -0.05) is 6.92 Å². The van der Waals surface area contributed by atoms with Crippen LogP contribution in [-0.4, -0.2) is 35.9 Å². The number of phenols is 2. The van der Waals surface area contributed by atoms with E-state index in [2.05, 4.69) is 4.74 Å². The second kappa shape index (κ2) is 13.7. The van der Waals surface area contributed by atoms with Crippen molar-refractivity contribution in [2.24, 2.45) is 0 Å². The van der Waals surface area contributed by atoms with Crippen LogP contribution in [0.5, 0.6) is 11.5 Å². The van der Waals surface area contributed by atoms with Gasteiger partial charge in [-0.3, -0.25) is 0 Å². The number of rotatable bonds is 4. The van der Waals surface area contributed by atoms with E-state index in [4.69, 9.17) is 14.9 Å². The van der Waals surface area contributed by atoms with Gasteiger partial charge in [-0.2, -0.15) is 0 Å². The molecule has 0 atom stereocenters. The van der Waals surface area contributed by atoms with Crippen LogP contribution < -0.4 is 0 Å². The fraction of sp³-hybridized carbons (Fsp3) is 0.222. The van der Waals surface area contributed by atoms with Crippen molar-refractivity contribution in [3.8, 4) is 11.5 Å². The van der Waals surface area contributed by atoms with Gasteiger partial charge in [0.25, 0.3) is 0 Å². The molecular weight excluding hydrogens is 384 g/mol. The maximum absolute atomic E-state index is 11.2. The van der Waals surface area contributed by atoms with Crippen molar-refractivity contribution in [1.82, 2.24) is 0 Å². The zero-order valence-corrected chi connectivity index (χ0v) is 15.4. The molecule has 142 valence electrons. The van der Waals surface area contributed by atoms with Crippen LogP contribution in [0.25, 0.3) is 0 Å². The van der Waals surface area contributed by atoms with Crippen molar-refractivity contribution in [3.63, 3.8) is 0 Å². The van der Waals surface area contributed by atoms with Gasteiger partial charge >= 0.3 is 29.0 Å². The molecule has 2 aromatic rings. The smallest absolute Gasteiger partial charge is 2.00 e. The predicted octanol–water partition coefficient (Wildman–Crippen LogP) is 3.02. The molecule has 0 spiro atoms. The average Bonchev–Trinajstić information content (AvgIpc) is 2.61. The number of hydrogen-bond acceptors (Lipinski definition) is 6. The second-order valence-corrected chi connectivity index (χ2v) is 4.72. The maximum Gasteiger partial charge on any atom is 2.00 e. The van der Waals surface area contributed by atoms with Crippen LogP contribution in [0.15, 0.2) is 48.5 Å². The standard InChI is InChI=1S/C10H12O3.C8H8O3.Fe.O/c1-2-7-13-10(12)8-3-5-9(11)6-4-8;1-11-8(10)6-2-4-7(9)5-3-6;;/h3-6,11H,2,7H2,1H3;2-5,9H,1H3;;/q;;+2;-2. The van der Waals surface area contributed by atoms with E-state index in [0.717, 1.165) is 6.42 Å². The Morgan fingerprint density at radius 3 is 1.58 bits per heavy atom. The Bertz CT molecular complexity index is 654. The molecule has 0 aliphatic heterocycles. The van der Waals surface area contributed by atoms with Gasteiger partial charge in [-0.25, -0.2) is 9.59 Å². The molecule has 26 heavy (non-hydrogen) atoms. The van der Waals surface area contributed by atoms with Gasteiger partial charge in [0.2, 0.25) is 0 Å². The van der Waals surface area contributed by atoms with Crippen molar-refractivity contribution < 1.29 is 51.8 Å². The number of esters is 2. The minimum Gasteiger partial charge on any atom is -2.00 e. The summed E-state index contributed by atoms with van der Waals surface area (Å²) >= 11 is 0. The summed E-state index contributed by atoms with van der Waals surface area (Å²) in [6.07, 6.45) is 0.809. The van der Waals surface area contributed by atoms with Crippen molar-refractivity contribution in [3.05, 3.63) is 59.7 Å². The Morgan fingerprint density at radius 1 is 0.846 bits per heavy atom. The summed E-state index contributed by atoms with van der Waals surface area (Å²) in [5, 5.41) is 17.8. The van der Waals surface area contributed by atoms with E-state index in [-0.39, 0.29) is 40.0 Å². The Morgan fingerprint density at radius 2 is 1.23 bits per heavy atom. The summed E-state index contributed by atoms with van der Waals surface area (Å²) in [5.41, 5.74) is 0.900. The van der Waals surface area contributed by atoms with Crippen molar-refractivity contribution in [2.75, 3.05) is 13.7 Å². The molecule has 0 aliphatic rings. The minimum atomic E-state index is -0.398. The van der Waals surface area contributed by atoms with Crippen LogP contribution >= 0.6 is 0 Å². The van der Waals surface area contributed by atoms with E-state index in [1.54, 1.807) is 0 Å². The second-order valence-electron chi connectivity index (χ2n) is 4.72. The third-order valence-corrected chi connectivity index (χ3v) is 2.83. The quantitative estimate of drug-likeness (QED) is 0.597. The number of hydrogen-bond donors (Lipinski definition) is 2. The number of carbonyl (C=O) groups excluding carboxylic acids is 2. The number of methoxy groups -OCH3 is 1. The fourth-order valence-corrected chi connectivity index (χ4v) is 1.59. The maximum atomic E-state index is 11.2. The molecule has 2 aromatic carbocycles. The van der Waals surface area contributed by atoms with Gasteiger partial charge in [-0.05, 0) is 55.0 Å². The van der Waals surface area contributed by atoms with Crippen LogP contribution in [0.3, 0.4) is 0 Å². The number of phenolic OH excluding ortho intramolecular Hbond substituents is 2. The molecule has 0 unspecified atom stereocenters. The normalized spacial score (nSPS) is 8.69. The van der Waals surface area contributed by atoms with E-state index in [9.17, 15) is 9.59 Å². The van der Waals surface area contributed by atoms with E-state index >= 15 is 0 Å². The van der Waals surface area contributed by atoms with Crippen molar-refractivity contribution in [2.45, 2.75) is 13.3 Å².